The highest BCUT2D eigenvalue weighted by Gasteiger charge is 2.17. The number of rotatable bonds is 3. The van der Waals surface area contributed by atoms with Crippen molar-refractivity contribution in [3.8, 4) is 0 Å². The predicted molar refractivity (Wildman–Crippen MR) is 83.9 cm³/mol. The minimum absolute atomic E-state index is 0.478. The lowest BCUT2D eigenvalue weighted by molar-refractivity contribution is 0.453. The van der Waals surface area contributed by atoms with E-state index >= 15 is 0 Å². The molecule has 21 heavy (non-hydrogen) atoms. The zero-order valence-electron chi connectivity index (χ0n) is 12.6. The van der Waals surface area contributed by atoms with Crippen molar-refractivity contribution < 1.29 is 0 Å². The molecule has 1 aliphatic rings. The Hall–Kier alpha value is -2.01. The molecule has 3 rings (SSSR count). The molecule has 1 atom stereocenters. The Morgan fingerprint density at radius 1 is 1.19 bits per heavy atom. The Bertz CT molecular complexity index is 620. The summed E-state index contributed by atoms with van der Waals surface area (Å²) >= 11 is 0. The van der Waals surface area contributed by atoms with Gasteiger partial charge in [0.1, 0.15) is 17.5 Å². The molecule has 5 nitrogen and oxygen atoms in total. The Kier molecular flexibility index (Phi) is 4.10. The van der Waals surface area contributed by atoms with Crippen LogP contribution in [0.5, 0.6) is 0 Å². The monoisotopic (exact) mass is 283 g/mol. The van der Waals surface area contributed by atoms with Crippen molar-refractivity contribution in [1.29, 1.82) is 0 Å². The normalized spacial score (nSPS) is 18.5. The molecule has 0 amide bonds. The Morgan fingerprint density at radius 2 is 2.10 bits per heavy atom. The molecule has 110 valence electrons. The molecule has 0 spiro atoms. The molecule has 0 aliphatic carbocycles. The van der Waals surface area contributed by atoms with Gasteiger partial charge in [-0.25, -0.2) is 15.0 Å². The molecule has 1 fully saturated rings. The van der Waals surface area contributed by atoms with Crippen LogP contribution in [-0.4, -0.2) is 28.0 Å². The quantitative estimate of drug-likeness (QED) is 0.907. The van der Waals surface area contributed by atoms with Gasteiger partial charge in [0.2, 0.25) is 0 Å². The zero-order valence-corrected chi connectivity index (χ0v) is 12.6. The lowest BCUT2D eigenvalue weighted by atomic mass is 9.96. The van der Waals surface area contributed by atoms with Crippen molar-refractivity contribution in [2.24, 2.45) is 0 Å². The maximum atomic E-state index is 4.61. The SMILES string of the molecule is Cc1ccnc(Nc2cc([C@@H]3CCCNC3)nc(C)n2)c1. The van der Waals surface area contributed by atoms with Gasteiger partial charge in [0.25, 0.3) is 0 Å². The third-order valence-corrected chi connectivity index (χ3v) is 3.74. The van der Waals surface area contributed by atoms with Gasteiger partial charge in [-0.3, -0.25) is 0 Å². The van der Waals surface area contributed by atoms with Gasteiger partial charge in [0.05, 0.1) is 5.69 Å². The summed E-state index contributed by atoms with van der Waals surface area (Å²) in [6.45, 7) is 6.10. The molecule has 5 heteroatoms. The molecule has 0 saturated carbocycles. The van der Waals surface area contributed by atoms with E-state index in [0.717, 1.165) is 36.2 Å². The molecular weight excluding hydrogens is 262 g/mol. The molecule has 0 bridgehead atoms. The highest BCUT2D eigenvalue weighted by molar-refractivity contribution is 5.52. The zero-order chi connectivity index (χ0) is 14.7. The molecular formula is C16H21N5. The molecule has 1 saturated heterocycles. The predicted octanol–water partition coefficient (Wildman–Crippen LogP) is 2.70. The smallest absolute Gasteiger partial charge is 0.135 e. The van der Waals surface area contributed by atoms with Crippen molar-refractivity contribution >= 4 is 11.6 Å². The Labute approximate surface area is 125 Å². The number of aromatic nitrogens is 3. The van der Waals surface area contributed by atoms with Gasteiger partial charge in [0, 0.05) is 24.7 Å². The second-order valence-electron chi connectivity index (χ2n) is 5.61. The summed E-state index contributed by atoms with van der Waals surface area (Å²) in [5.41, 5.74) is 2.29. The van der Waals surface area contributed by atoms with Gasteiger partial charge < -0.3 is 10.6 Å². The van der Waals surface area contributed by atoms with Gasteiger partial charge in [-0.1, -0.05) is 0 Å². The fourth-order valence-electron chi connectivity index (χ4n) is 2.70. The summed E-state index contributed by atoms with van der Waals surface area (Å²) in [4.78, 5) is 13.4. The van der Waals surface area contributed by atoms with E-state index in [1.165, 1.54) is 18.4 Å². The van der Waals surface area contributed by atoms with Gasteiger partial charge >= 0.3 is 0 Å². The van der Waals surface area contributed by atoms with Crippen LogP contribution in [0.15, 0.2) is 24.4 Å². The third kappa shape index (κ3) is 3.55. The average molecular weight is 283 g/mol. The molecule has 1 aliphatic heterocycles. The number of piperidine rings is 1. The Balaban J connectivity index is 1.83. The van der Waals surface area contributed by atoms with Crippen molar-refractivity contribution in [3.63, 3.8) is 0 Å². The number of pyridine rings is 1. The van der Waals surface area contributed by atoms with Crippen LogP contribution in [0.25, 0.3) is 0 Å². The van der Waals surface area contributed by atoms with Crippen LogP contribution in [0.1, 0.15) is 35.8 Å². The van der Waals surface area contributed by atoms with E-state index in [2.05, 4.69) is 38.6 Å². The molecule has 2 aromatic heterocycles. The first-order valence-corrected chi connectivity index (χ1v) is 7.47. The number of hydrogen-bond acceptors (Lipinski definition) is 5. The van der Waals surface area contributed by atoms with Crippen molar-refractivity contribution in [2.45, 2.75) is 32.6 Å². The summed E-state index contributed by atoms with van der Waals surface area (Å²) in [7, 11) is 0. The summed E-state index contributed by atoms with van der Waals surface area (Å²) in [6.07, 6.45) is 4.19. The van der Waals surface area contributed by atoms with Crippen LogP contribution in [0, 0.1) is 13.8 Å². The van der Waals surface area contributed by atoms with E-state index in [4.69, 9.17) is 0 Å². The highest BCUT2D eigenvalue weighted by Crippen LogP contribution is 2.24. The molecule has 0 unspecified atom stereocenters. The number of anilines is 2. The summed E-state index contributed by atoms with van der Waals surface area (Å²) in [5, 5.41) is 6.72. The van der Waals surface area contributed by atoms with E-state index in [-0.39, 0.29) is 0 Å². The van der Waals surface area contributed by atoms with E-state index < -0.39 is 0 Å². The molecule has 2 aromatic rings. The van der Waals surface area contributed by atoms with Gasteiger partial charge in [-0.15, -0.1) is 0 Å². The first-order chi connectivity index (χ1) is 10.2. The standard InChI is InChI=1S/C16H21N5/c1-11-5-7-18-15(8-11)21-16-9-14(19-12(2)20-16)13-4-3-6-17-10-13/h5,7-9,13,17H,3-4,6,10H2,1-2H3,(H,18,19,20,21)/t13-/m1/s1. The molecule has 3 heterocycles. The average Bonchev–Trinajstić information content (AvgIpc) is 2.47. The van der Waals surface area contributed by atoms with Crippen molar-refractivity contribution in [2.75, 3.05) is 18.4 Å². The summed E-state index contributed by atoms with van der Waals surface area (Å²) in [6, 6.07) is 6.05. The number of aryl methyl sites for hydroxylation is 2. The lowest BCUT2D eigenvalue weighted by Crippen LogP contribution is -2.29. The molecule has 2 N–H and O–H groups in total. The fraction of sp³-hybridized carbons (Fsp3) is 0.438. The number of nitrogens with one attached hydrogen (secondary N) is 2. The van der Waals surface area contributed by atoms with E-state index in [1.54, 1.807) is 6.20 Å². The largest absolute Gasteiger partial charge is 0.325 e. The molecule has 0 aromatic carbocycles. The summed E-state index contributed by atoms with van der Waals surface area (Å²) in [5.74, 6) is 2.92. The minimum Gasteiger partial charge on any atom is -0.325 e. The van der Waals surface area contributed by atoms with Crippen LogP contribution in [-0.2, 0) is 0 Å². The van der Waals surface area contributed by atoms with Gasteiger partial charge in [-0.05, 0) is 50.9 Å². The second-order valence-corrected chi connectivity index (χ2v) is 5.61. The van der Waals surface area contributed by atoms with Crippen LogP contribution >= 0.6 is 0 Å². The first kappa shape index (κ1) is 13.9. The Morgan fingerprint density at radius 3 is 2.86 bits per heavy atom. The highest BCUT2D eigenvalue weighted by atomic mass is 15.1. The van der Waals surface area contributed by atoms with Crippen molar-refractivity contribution in [3.05, 3.63) is 41.5 Å². The maximum absolute atomic E-state index is 4.61. The second kappa shape index (κ2) is 6.18. The fourth-order valence-corrected chi connectivity index (χ4v) is 2.70. The number of hydrogen-bond donors (Lipinski definition) is 2. The molecule has 0 radical (unpaired) electrons. The van der Waals surface area contributed by atoms with Crippen LogP contribution in [0.2, 0.25) is 0 Å². The van der Waals surface area contributed by atoms with E-state index in [0.29, 0.717) is 5.92 Å². The van der Waals surface area contributed by atoms with Crippen LogP contribution < -0.4 is 10.6 Å². The van der Waals surface area contributed by atoms with E-state index in [9.17, 15) is 0 Å². The lowest BCUT2D eigenvalue weighted by Gasteiger charge is -2.22. The topological polar surface area (TPSA) is 62.7 Å². The van der Waals surface area contributed by atoms with Gasteiger partial charge in [-0.2, -0.15) is 0 Å². The van der Waals surface area contributed by atoms with Crippen LogP contribution in [0.4, 0.5) is 11.6 Å². The van der Waals surface area contributed by atoms with Crippen LogP contribution in [0.3, 0.4) is 0 Å². The van der Waals surface area contributed by atoms with E-state index in [1.807, 2.05) is 19.1 Å². The van der Waals surface area contributed by atoms with Gasteiger partial charge in [0.15, 0.2) is 0 Å². The first-order valence-electron chi connectivity index (χ1n) is 7.47. The van der Waals surface area contributed by atoms with Crippen molar-refractivity contribution in [1.82, 2.24) is 20.3 Å². The maximum Gasteiger partial charge on any atom is 0.135 e. The number of nitrogens with zero attached hydrogens (tertiary/aromatic N) is 3. The third-order valence-electron chi connectivity index (χ3n) is 3.74. The minimum atomic E-state index is 0.478. The summed E-state index contributed by atoms with van der Waals surface area (Å²) < 4.78 is 0.